The lowest BCUT2D eigenvalue weighted by Gasteiger charge is -2.18. The maximum Gasteiger partial charge on any atom is 0.0802 e. The van der Waals surface area contributed by atoms with E-state index in [1.54, 1.807) is 6.08 Å². The van der Waals surface area contributed by atoms with Gasteiger partial charge in [0.05, 0.1) is 7.85 Å². The third kappa shape index (κ3) is 2.01. The fraction of sp³-hybridized carbons (Fsp3) is 0.429. The summed E-state index contributed by atoms with van der Waals surface area (Å²) in [6, 6.07) is 0. The highest BCUT2D eigenvalue weighted by atomic mass is 14.1. The van der Waals surface area contributed by atoms with Gasteiger partial charge in [0, 0.05) is 0 Å². The van der Waals surface area contributed by atoms with Crippen molar-refractivity contribution in [2.75, 3.05) is 0 Å². The molecule has 0 spiro atoms. The molecular formula is C7H11B. The molecule has 0 aliphatic heterocycles. The first kappa shape index (κ1) is 7.54. The molecule has 0 aliphatic rings. The number of hydrogen-bond donors (Lipinski definition) is 0. The molecule has 0 aliphatic carbocycles. The van der Waals surface area contributed by atoms with Gasteiger partial charge in [-0.15, -0.1) is 0 Å². The summed E-state index contributed by atoms with van der Waals surface area (Å²) in [5, 5.41) is -0.304. The molecule has 0 heterocycles. The van der Waals surface area contributed by atoms with Crippen LogP contribution in [0, 0.1) is 0 Å². The summed E-state index contributed by atoms with van der Waals surface area (Å²) in [4.78, 5) is 0. The van der Waals surface area contributed by atoms with Crippen LogP contribution in [-0.4, -0.2) is 7.85 Å². The largest absolute Gasteiger partial charge is 0.0988 e. The van der Waals surface area contributed by atoms with Crippen molar-refractivity contribution in [3.05, 3.63) is 24.8 Å². The molecule has 0 saturated carbocycles. The number of rotatable bonds is 2. The highest BCUT2D eigenvalue weighted by Crippen LogP contribution is 2.28. The second-order valence-corrected chi connectivity index (χ2v) is 2.45. The van der Waals surface area contributed by atoms with Crippen molar-refractivity contribution in [2.45, 2.75) is 19.2 Å². The summed E-state index contributed by atoms with van der Waals surface area (Å²) in [6.45, 7) is 11.0. The maximum absolute atomic E-state index is 5.62. The summed E-state index contributed by atoms with van der Waals surface area (Å²) in [7, 11) is 5.62. The van der Waals surface area contributed by atoms with Gasteiger partial charge in [-0.05, 0) is 5.31 Å². The average Bonchev–Trinajstić information content (AvgIpc) is 1.62. The van der Waals surface area contributed by atoms with Crippen LogP contribution in [-0.2, 0) is 0 Å². The lowest BCUT2D eigenvalue weighted by molar-refractivity contribution is 0.825. The SMILES string of the molecule is [B]C(C)(C)C(=C)C=C. The molecule has 0 bridgehead atoms. The molecule has 0 fully saturated rings. The molecule has 0 amide bonds. The molecule has 0 saturated heterocycles. The van der Waals surface area contributed by atoms with Crippen LogP contribution in [0.5, 0.6) is 0 Å². The Balaban J connectivity index is 4.02. The van der Waals surface area contributed by atoms with Crippen molar-refractivity contribution in [2.24, 2.45) is 0 Å². The molecule has 0 aromatic heterocycles. The van der Waals surface area contributed by atoms with Gasteiger partial charge in [0.1, 0.15) is 0 Å². The van der Waals surface area contributed by atoms with Crippen LogP contribution < -0.4 is 0 Å². The third-order valence-electron chi connectivity index (χ3n) is 1.07. The highest BCUT2D eigenvalue weighted by molar-refractivity contribution is 6.17. The molecule has 42 valence electrons. The summed E-state index contributed by atoms with van der Waals surface area (Å²) in [5.41, 5.74) is 0.873. The van der Waals surface area contributed by atoms with Gasteiger partial charge in [0.15, 0.2) is 0 Å². The lowest BCUT2D eigenvalue weighted by Crippen LogP contribution is -2.02. The van der Waals surface area contributed by atoms with Crippen LogP contribution in [0.25, 0.3) is 0 Å². The van der Waals surface area contributed by atoms with Crippen LogP contribution in [0.15, 0.2) is 24.8 Å². The van der Waals surface area contributed by atoms with E-state index < -0.39 is 0 Å². The summed E-state index contributed by atoms with van der Waals surface area (Å²) >= 11 is 0. The smallest absolute Gasteiger partial charge is 0.0802 e. The van der Waals surface area contributed by atoms with E-state index in [4.69, 9.17) is 7.85 Å². The molecule has 0 N–H and O–H groups in total. The molecule has 0 aromatic carbocycles. The van der Waals surface area contributed by atoms with Crippen molar-refractivity contribution in [3.8, 4) is 0 Å². The Morgan fingerprint density at radius 3 is 2.00 bits per heavy atom. The number of hydrogen-bond acceptors (Lipinski definition) is 0. The maximum atomic E-state index is 5.62. The molecule has 0 unspecified atom stereocenters. The Morgan fingerprint density at radius 1 is 1.62 bits per heavy atom. The zero-order valence-corrected chi connectivity index (χ0v) is 5.57. The van der Waals surface area contributed by atoms with Crippen molar-refractivity contribution in [1.82, 2.24) is 0 Å². The molecule has 8 heavy (non-hydrogen) atoms. The Labute approximate surface area is 52.7 Å². The van der Waals surface area contributed by atoms with Crippen LogP contribution in [0.2, 0.25) is 5.31 Å². The van der Waals surface area contributed by atoms with Crippen molar-refractivity contribution < 1.29 is 0 Å². The van der Waals surface area contributed by atoms with E-state index in [1.165, 1.54) is 0 Å². The molecule has 1 heteroatoms. The summed E-state index contributed by atoms with van der Waals surface area (Å²) in [6.07, 6.45) is 1.68. The van der Waals surface area contributed by atoms with Crippen LogP contribution in [0.3, 0.4) is 0 Å². The van der Waals surface area contributed by atoms with Gasteiger partial charge in [-0.2, -0.15) is 0 Å². The standard InChI is InChI=1S/C7H11B/c1-5-6(2)7(3,4)8/h5H,1-2H2,3-4H3. The first-order valence-corrected chi connectivity index (χ1v) is 2.59. The van der Waals surface area contributed by atoms with Gasteiger partial charge < -0.3 is 0 Å². The van der Waals surface area contributed by atoms with E-state index in [9.17, 15) is 0 Å². The Kier molecular flexibility index (Phi) is 2.08. The quantitative estimate of drug-likeness (QED) is 0.373. The first-order chi connectivity index (χ1) is 3.48. The Morgan fingerprint density at radius 2 is 2.00 bits per heavy atom. The zero-order chi connectivity index (χ0) is 6.78. The second-order valence-electron chi connectivity index (χ2n) is 2.45. The minimum Gasteiger partial charge on any atom is -0.0988 e. The van der Waals surface area contributed by atoms with Crippen LogP contribution in [0.4, 0.5) is 0 Å². The van der Waals surface area contributed by atoms with E-state index in [1.807, 2.05) is 13.8 Å². The van der Waals surface area contributed by atoms with Crippen molar-refractivity contribution in [3.63, 3.8) is 0 Å². The third-order valence-corrected chi connectivity index (χ3v) is 1.07. The fourth-order valence-electron chi connectivity index (χ4n) is 0.263. The topological polar surface area (TPSA) is 0 Å². The Hall–Kier alpha value is -0.455. The van der Waals surface area contributed by atoms with E-state index in [-0.39, 0.29) is 5.31 Å². The predicted octanol–water partition coefficient (Wildman–Crippen LogP) is 2.10. The normalized spacial score (nSPS) is 10.8. The minimum absolute atomic E-state index is 0.304. The monoisotopic (exact) mass is 106 g/mol. The average molecular weight is 106 g/mol. The van der Waals surface area contributed by atoms with Crippen molar-refractivity contribution >= 4 is 7.85 Å². The Bertz CT molecular complexity index is 106. The van der Waals surface area contributed by atoms with Crippen molar-refractivity contribution in [1.29, 1.82) is 0 Å². The summed E-state index contributed by atoms with van der Waals surface area (Å²) < 4.78 is 0. The minimum atomic E-state index is -0.304. The molecule has 0 rings (SSSR count). The predicted molar refractivity (Wildman–Crippen MR) is 39.1 cm³/mol. The van der Waals surface area contributed by atoms with E-state index in [0.717, 1.165) is 5.57 Å². The highest BCUT2D eigenvalue weighted by Gasteiger charge is 2.09. The lowest BCUT2D eigenvalue weighted by atomic mass is 9.67. The zero-order valence-electron chi connectivity index (χ0n) is 5.57. The van der Waals surface area contributed by atoms with E-state index >= 15 is 0 Å². The molecule has 2 radical (unpaired) electrons. The first-order valence-electron chi connectivity index (χ1n) is 2.59. The van der Waals surface area contributed by atoms with Gasteiger partial charge in [-0.3, -0.25) is 0 Å². The van der Waals surface area contributed by atoms with E-state index in [0.29, 0.717) is 0 Å². The van der Waals surface area contributed by atoms with Gasteiger partial charge >= 0.3 is 0 Å². The molecule has 0 aromatic rings. The summed E-state index contributed by atoms with van der Waals surface area (Å²) in [5.74, 6) is 0. The second kappa shape index (κ2) is 2.21. The molecule has 0 atom stereocenters. The van der Waals surface area contributed by atoms with Gasteiger partial charge in [-0.1, -0.05) is 38.7 Å². The van der Waals surface area contributed by atoms with Gasteiger partial charge in [0.2, 0.25) is 0 Å². The van der Waals surface area contributed by atoms with Gasteiger partial charge in [0.25, 0.3) is 0 Å². The van der Waals surface area contributed by atoms with Crippen LogP contribution in [0.1, 0.15) is 13.8 Å². The molecular weight excluding hydrogens is 94.9 g/mol. The fourth-order valence-corrected chi connectivity index (χ4v) is 0.263. The van der Waals surface area contributed by atoms with E-state index in [2.05, 4.69) is 13.2 Å². The number of allylic oxidation sites excluding steroid dienone is 2. The van der Waals surface area contributed by atoms with Crippen LogP contribution >= 0.6 is 0 Å². The molecule has 0 nitrogen and oxygen atoms in total. The van der Waals surface area contributed by atoms with Gasteiger partial charge in [-0.25, -0.2) is 0 Å².